The fourth-order valence-electron chi connectivity index (χ4n) is 3.01. The summed E-state index contributed by atoms with van der Waals surface area (Å²) in [7, 11) is 1.70. The Morgan fingerprint density at radius 2 is 2.12 bits per heavy atom. The normalized spacial score (nSPS) is 15.2. The molecule has 0 spiro atoms. The number of anilines is 3. The molecule has 0 unspecified atom stereocenters. The third-order valence-electron chi connectivity index (χ3n) is 4.58. The second-order valence-electron chi connectivity index (χ2n) is 6.80. The number of nitrogens with one attached hydrogen (secondary N) is 1. The number of hydrazine groups is 2. The van der Waals surface area contributed by atoms with E-state index in [-0.39, 0.29) is 5.96 Å². The molecule has 0 bridgehead atoms. The molecule has 1 aliphatic heterocycles. The first-order chi connectivity index (χ1) is 15.4. The quantitative estimate of drug-likeness (QED) is 0.123. The van der Waals surface area contributed by atoms with Crippen LogP contribution in [0.2, 0.25) is 0 Å². The van der Waals surface area contributed by atoms with Gasteiger partial charge in [0.1, 0.15) is 5.82 Å². The van der Waals surface area contributed by atoms with E-state index >= 15 is 0 Å². The Balaban J connectivity index is 1.91. The predicted molar refractivity (Wildman–Crippen MR) is 139 cm³/mol. The molecule has 1 saturated heterocycles. The van der Waals surface area contributed by atoms with E-state index in [1.165, 1.54) is 27.4 Å². The first-order valence-corrected chi connectivity index (χ1v) is 11.7. The zero-order chi connectivity index (χ0) is 23.1. The van der Waals surface area contributed by atoms with Crippen molar-refractivity contribution in [1.82, 2.24) is 15.3 Å². The van der Waals surface area contributed by atoms with E-state index in [2.05, 4.69) is 30.2 Å². The van der Waals surface area contributed by atoms with E-state index in [0.717, 1.165) is 31.9 Å². The first kappa shape index (κ1) is 24.0. The Morgan fingerprint density at radius 1 is 1.38 bits per heavy atom. The third-order valence-corrected chi connectivity index (χ3v) is 6.13. The van der Waals surface area contributed by atoms with Gasteiger partial charge in [-0.25, -0.2) is 36.6 Å². The highest BCUT2D eigenvalue weighted by Crippen LogP contribution is 2.31. The van der Waals surface area contributed by atoms with Gasteiger partial charge < -0.3 is 10.2 Å². The highest BCUT2D eigenvalue weighted by molar-refractivity contribution is 14.1. The number of hydrogen-bond donors (Lipinski definition) is 3. The molecule has 0 radical (unpaired) electrons. The molecule has 0 aromatic carbocycles. The minimum atomic E-state index is 0.179. The highest BCUT2D eigenvalue weighted by atomic mass is 127. The number of nitrogens with two attached hydrogens (primary N) is 2. The number of aliphatic imine (C=N–C) groups is 2. The van der Waals surface area contributed by atoms with Crippen LogP contribution in [-0.4, -0.2) is 53.4 Å². The van der Waals surface area contributed by atoms with E-state index in [9.17, 15) is 5.26 Å². The van der Waals surface area contributed by atoms with Gasteiger partial charge in [0.2, 0.25) is 5.96 Å². The molecule has 3 heterocycles. The van der Waals surface area contributed by atoms with Crippen LogP contribution in [0.5, 0.6) is 0 Å². The van der Waals surface area contributed by atoms with Crippen LogP contribution in [0.4, 0.5) is 16.6 Å². The summed E-state index contributed by atoms with van der Waals surface area (Å²) in [5.41, 5.74) is 2.12. The van der Waals surface area contributed by atoms with Crippen molar-refractivity contribution >= 4 is 66.4 Å². The molecule has 1 aliphatic rings. The van der Waals surface area contributed by atoms with Crippen molar-refractivity contribution in [2.24, 2.45) is 21.7 Å². The number of hydrogen-bond acceptors (Lipinski definition) is 10. The number of guanidine groups is 1. The van der Waals surface area contributed by atoms with Gasteiger partial charge in [-0.3, -0.25) is 5.01 Å². The largest absolute Gasteiger partial charge is 0.368 e. The molecule has 0 saturated carbocycles. The Bertz CT molecular complexity index is 1050. The number of rotatable bonds is 5. The molecule has 2 aromatic rings. The number of aromatic nitrogens is 2. The lowest BCUT2D eigenvalue weighted by molar-refractivity contribution is 0.589. The van der Waals surface area contributed by atoms with Gasteiger partial charge in [-0.15, -0.1) is 0 Å². The van der Waals surface area contributed by atoms with Crippen molar-refractivity contribution in [1.29, 1.82) is 5.26 Å². The van der Waals surface area contributed by atoms with Crippen LogP contribution in [0.25, 0.3) is 5.70 Å². The maximum Gasteiger partial charge on any atom is 0.247 e. The zero-order valence-electron chi connectivity index (χ0n) is 17.7. The highest BCUT2D eigenvalue weighted by Gasteiger charge is 2.18. The molecule has 2 aromatic heterocycles. The van der Waals surface area contributed by atoms with Gasteiger partial charge >= 0.3 is 0 Å². The smallest absolute Gasteiger partial charge is 0.247 e. The van der Waals surface area contributed by atoms with E-state index in [4.69, 9.17) is 11.7 Å². The summed E-state index contributed by atoms with van der Waals surface area (Å²) in [6.45, 7) is 5.57. The van der Waals surface area contributed by atoms with Crippen LogP contribution in [0.15, 0.2) is 34.4 Å². The van der Waals surface area contributed by atoms with Crippen LogP contribution >= 0.6 is 33.9 Å². The van der Waals surface area contributed by atoms with Crippen LogP contribution in [0, 0.1) is 18.3 Å². The molecule has 11 nitrogen and oxygen atoms in total. The minimum Gasteiger partial charge on any atom is -0.368 e. The lowest BCUT2D eigenvalue weighted by Gasteiger charge is -2.29. The number of piperazine rings is 1. The van der Waals surface area contributed by atoms with Gasteiger partial charge in [0.25, 0.3) is 0 Å². The van der Waals surface area contributed by atoms with Crippen molar-refractivity contribution in [3.63, 3.8) is 0 Å². The maximum atomic E-state index is 9.30. The average molecular weight is 565 g/mol. The van der Waals surface area contributed by atoms with Crippen LogP contribution in [-0.2, 0) is 0 Å². The Hall–Kier alpha value is -2.64. The molecule has 32 heavy (non-hydrogen) atoms. The standard InChI is InChI=1S/C19H24IN11S/c1-13-17(32-19(27-13)29(2)22)15(5-6-21)28-18(26-12-20)31(23)16-4-3-14(11-25-16)30-9-7-24-8-10-30/h3-5,11-12,24H,7-10,22-23H2,1-2H3/b15-5+,26-12-,28-18+. The predicted octanol–water partition coefficient (Wildman–Crippen LogP) is 1.63. The molecule has 3 rings (SSSR count). The maximum absolute atomic E-state index is 9.30. The van der Waals surface area contributed by atoms with Gasteiger partial charge in [-0.05, 0) is 41.6 Å². The Morgan fingerprint density at radius 3 is 2.69 bits per heavy atom. The molecule has 0 aliphatic carbocycles. The number of pyridine rings is 1. The molecule has 1 fully saturated rings. The second-order valence-corrected chi connectivity index (χ2v) is 8.34. The monoisotopic (exact) mass is 565 g/mol. The SMILES string of the molecule is Cc1nc(N(C)N)sc1C(=C\C#N)/N=C(\N=C/I)N(N)c1ccc(N2CCNCC2)cn1. The van der Waals surface area contributed by atoms with Crippen molar-refractivity contribution < 1.29 is 0 Å². The van der Waals surface area contributed by atoms with Gasteiger partial charge in [-0.1, -0.05) is 11.3 Å². The van der Waals surface area contributed by atoms with Crippen LogP contribution < -0.4 is 31.9 Å². The molecule has 0 atom stereocenters. The number of aryl methyl sites for hydroxylation is 1. The fraction of sp³-hybridized carbons (Fsp3) is 0.316. The first-order valence-electron chi connectivity index (χ1n) is 9.68. The molecule has 0 amide bonds. The van der Waals surface area contributed by atoms with Gasteiger partial charge in [0.15, 0.2) is 5.13 Å². The van der Waals surface area contributed by atoms with Crippen molar-refractivity contribution in [2.45, 2.75) is 6.92 Å². The van der Waals surface area contributed by atoms with E-state index in [1.807, 2.05) is 47.7 Å². The summed E-state index contributed by atoms with van der Waals surface area (Å²) >= 11 is 3.31. The zero-order valence-corrected chi connectivity index (χ0v) is 20.7. The third kappa shape index (κ3) is 5.78. The van der Waals surface area contributed by atoms with Crippen molar-refractivity contribution in [3.8, 4) is 6.07 Å². The van der Waals surface area contributed by atoms with Crippen LogP contribution in [0.3, 0.4) is 0 Å². The molecule has 5 N–H and O–H groups in total. The number of thiazole rings is 1. The summed E-state index contributed by atoms with van der Waals surface area (Å²) in [6, 6.07) is 5.82. The van der Waals surface area contributed by atoms with E-state index < -0.39 is 0 Å². The molecule has 13 heteroatoms. The van der Waals surface area contributed by atoms with Crippen LogP contribution in [0.1, 0.15) is 10.6 Å². The summed E-state index contributed by atoms with van der Waals surface area (Å²) in [5.74, 6) is 12.8. The molecular weight excluding hydrogens is 541 g/mol. The van der Waals surface area contributed by atoms with Gasteiger partial charge in [-0.2, -0.15) is 5.26 Å². The molecule has 168 valence electrons. The summed E-state index contributed by atoms with van der Waals surface area (Å²) in [6.07, 6.45) is 3.12. The number of nitriles is 1. The molecular formula is C19H24IN11S. The summed E-state index contributed by atoms with van der Waals surface area (Å²) < 4.78 is 1.55. The van der Waals surface area contributed by atoms with Crippen molar-refractivity contribution in [3.05, 3.63) is 35.0 Å². The van der Waals surface area contributed by atoms with Gasteiger partial charge in [0, 0.05) is 39.3 Å². The average Bonchev–Trinajstić information content (AvgIpc) is 3.20. The Kier molecular flexibility index (Phi) is 8.47. The summed E-state index contributed by atoms with van der Waals surface area (Å²) in [4.78, 5) is 20.7. The lowest BCUT2D eigenvalue weighted by atomic mass is 10.3. The number of nitrogens with zero attached hydrogens (tertiary/aromatic N) is 8. The van der Waals surface area contributed by atoms with Crippen molar-refractivity contribution in [2.75, 3.05) is 48.1 Å². The van der Waals surface area contributed by atoms with E-state index in [1.54, 1.807) is 17.5 Å². The van der Waals surface area contributed by atoms with Gasteiger partial charge in [0.05, 0.1) is 38.4 Å². The fourth-order valence-corrected chi connectivity index (χ4v) is 4.17. The second kappa shape index (κ2) is 11.3. The topological polar surface area (TPSA) is 148 Å². The number of allylic oxidation sites excluding steroid dienone is 1. The number of halogens is 1. The Labute approximate surface area is 204 Å². The summed E-state index contributed by atoms with van der Waals surface area (Å²) in [5, 5.41) is 15.9. The van der Waals surface area contributed by atoms with E-state index in [0.29, 0.717) is 27.2 Å². The lowest BCUT2D eigenvalue weighted by Crippen LogP contribution is -2.43. The minimum absolute atomic E-state index is 0.179.